The minimum atomic E-state index is -0.431. The summed E-state index contributed by atoms with van der Waals surface area (Å²) in [6.45, 7) is 2.51. The molecule has 8 heteroatoms. The van der Waals surface area contributed by atoms with Crippen LogP contribution < -0.4 is 11.1 Å². The molecule has 0 saturated carbocycles. The highest BCUT2D eigenvalue weighted by Gasteiger charge is 2.27. The number of rotatable bonds is 7. The van der Waals surface area contributed by atoms with Crippen molar-refractivity contribution in [1.82, 2.24) is 15.2 Å². The van der Waals surface area contributed by atoms with Crippen LogP contribution in [0.4, 0.5) is 0 Å². The van der Waals surface area contributed by atoms with Gasteiger partial charge in [-0.1, -0.05) is 0 Å². The summed E-state index contributed by atoms with van der Waals surface area (Å²) in [6, 6.07) is 4.70. The van der Waals surface area contributed by atoms with E-state index in [0.717, 1.165) is 16.5 Å². The molecule has 2 heterocycles. The van der Waals surface area contributed by atoms with Crippen molar-refractivity contribution in [2.45, 2.75) is 18.9 Å². The number of nitrogens with two attached hydrogens (primary N) is 1. The first-order valence-electron chi connectivity index (χ1n) is 8.71. The van der Waals surface area contributed by atoms with Crippen LogP contribution in [0.2, 0.25) is 0 Å². The zero-order valence-electron chi connectivity index (χ0n) is 14.5. The number of amides is 2. The zero-order chi connectivity index (χ0) is 18.5. The molecule has 0 spiro atoms. The number of aryl methyl sites for hydroxylation is 1. The fourth-order valence-electron chi connectivity index (χ4n) is 3.22. The third-order valence-corrected chi connectivity index (χ3v) is 4.66. The number of fused-ring (bicyclic) bond motifs is 1. The number of aromatic hydroxyl groups is 1. The van der Waals surface area contributed by atoms with Gasteiger partial charge in [-0.3, -0.25) is 14.5 Å². The van der Waals surface area contributed by atoms with Crippen molar-refractivity contribution in [3.05, 3.63) is 30.0 Å². The first-order chi connectivity index (χ1) is 12.5. The molecule has 8 nitrogen and oxygen atoms in total. The highest BCUT2D eigenvalue weighted by atomic mass is 16.5. The summed E-state index contributed by atoms with van der Waals surface area (Å²) in [5.74, 6) is -0.251. The van der Waals surface area contributed by atoms with E-state index < -0.39 is 11.9 Å². The fourth-order valence-corrected chi connectivity index (χ4v) is 3.22. The van der Waals surface area contributed by atoms with E-state index in [1.807, 2.05) is 17.2 Å². The van der Waals surface area contributed by atoms with E-state index in [4.69, 9.17) is 10.5 Å². The second kappa shape index (κ2) is 8.20. The third kappa shape index (κ3) is 4.33. The number of nitrogens with zero attached hydrogens (tertiary/aromatic N) is 1. The summed E-state index contributed by atoms with van der Waals surface area (Å²) in [4.78, 5) is 28.6. The average Bonchev–Trinajstić information content (AvgIpc) is 3.02. The monoisotopic (exact) mass is 360 g/mol. The smallest absolute Gasteiger partial charge is 0.237 e. The van der Waals surface area contributed by atoms with Gasteiger partial charge in [0, 0.05) is 43.2 Å². The number of H-pyrrole nitrogens is 1. The number of morpholine rings is 1. The summed E-state index contributed by atoms with van der Waals surface area (Å²) in [7, 11) is 0. The number of ether oxygens (including phenoxy) is 1. The molecule has 1 saturated heterocycles. The van der Waals surface area contributed by atoms with E-state index in [1.54, 1.807) is 12.1 Å². The zero-order valence-corrected chi connectivity index (χ0v) is 14.5. The molecule has 1 aromatic carbocycles. The highest BCUT2D eigenvalue weighted by Crippen LogP contribution is 2.23. The highest BCUT2D eigenvalue weighted by molar-refractivity contribution is 5.85. The van der Waals surface area contributed by atoms with E-state index in [1.165, 1.54) is 0 Å². The van der Waals surface area contributed by atoms with Crippen LogP contribution in [0.25, 0.3) is 10.9 Å². The summed E-state index contributed by atoms with van der Waals surface area (Å²) < 4.78 is 5.27. The van der Waals surface area contributed by atoms with Crippen molar-refractivity contribution >= 4 is 22.7 Å². The topological polar surface area (TPSA) is 121 Å². The number of hydrogen-bond acceptors (Lipinski definition) is 5. The fraction of sp³-hybridized carbons (Fsp3) is 0.444. The maximum absolute atomic E-state index is 12.1. The molecule has 0 aliphatic carbocycles. The predicted molar refractivity (Wildman–Crippen MR) is 96.7 cm³/mol. The maximum Gasteiger partial charge on any atom is 0.237 e. The van der Waals surface area contributed by atoms with Crippen molar-refractivity contribution < 1.29 is 19.4 Å². The molecule has 26 heavy (non-hydrogen) atoms. The van der Waals surface area contributed by atoms with Crippen LogP contribution in [0.3, 0.4) is 0 Å². The Hall–Kier alpha value is -2.58. The molecule has 1 fully saturated rings. The van der Waals surface area contributed by atoms with E-state index >= 15 is 0 Å². The van der Waals surface area contributed by atoms with Gasteiger partial charge >= 0.3 is 0 Å². The molecule has 2 aromatic rings. The van der Waals surface area contributed by atoms with Crippen molar-refractivity contribution in [1.29, 1.82) is 0 Å². The van der Waals surface area contributed by atoms with E-state index in [2.05, 4.69) is 10.3 Å². The average molecular weight is 360 g/mol. The number of aromatic nitrogens is 1. The molecule has 2 amide bonds. The molecule has 0 radical (unpaired) electrons. The van der Waals surface area contributed by atoms with Crippen LogP contribution in [-0.2, 0) is 20.7 Å². The van der Waals surface area contributed by atoms with E-state index in [-0.39, 0.29) is 11.7 Å². The van der Waals surface area contributed by atoms with Crippen LogP contribution in [0, 0.1) is 0 Å². The molecule has 1 aromatic heterocycles. The van der Waals surface area contributed by atoms with Crippen molar-refractivity contribution in [2.75, 3.05) is 32.8 Å². The lowest BCUT2D eigenvalue weighted by molar-refractivity contribution is -0.129. The minimum absolute atomic E-state index is 0.0524. The van der Waals surface area contributed by atoms with Gasteiger partial charge in [0.1, 0.15) is 11.8 Å². The van der Waals surface area contributed by atoms with Crippen molar-refractivity contribution in [2.24, 2.45) is 5.73 Å². The number of nitrogens with one attached hydrogen (secondary N) is 2. The Morgan fingerprint density at radius 1 is 1.42 bits per heavy atom. The number of aromatic amines is 1. The summed E-state index contributed by atoms with van der Waals surface area (Å²) in [5, 5.41) is 13.4. The molecule has 0 bridgehead atoms. The summed E-state index contributed by atoms with van der Waals surface area (Å²) >= 11 is 0. The lowest BCUT2D eigenvalue weighted by Crippen LogP contribution is -2.54. The predicted octanol–water partition coefficient (Wildman–Crippen LogP) is 0.108. The van der Waals surface area contributed by atoms with Crippen molar-refractivity contribution in [3.8, 4) is 5.75 Å². The van der Waals surface area contributed by atoms with Crippen LogP contribution in [-0.4, -0.2) is 65.7 Å². The van der Waals surface area contributed by atoms with Crippen LogP contribution in [0.1, 0.15) is 12.0 Å². The van der Waals surface area contributed by atoms with Crippen molar-refractivity contribution in [3.63, 3.8) is 0 Å². The Balaban J connectivity index is 1.45. The first kappa shape index (κ1) is 18.2. The molecule has 1 aliphatic rings. The maximum atomic E-state index is 12.1. The number of phenols is 1. The lowest BCUT2D eigenvalue weighted by Gasteiger charge is -2.33. The minimum Gasteiger partial charge on any atom is -0.508 e. The van der Waals surface area contributed by atoms with Gasteiger partial charge in [-0.05, 0) is 30.2 Å². The number of carbonyl (C=O) groups excluding carboxylic acids is 2. The quantitative estimate of drug-likeness (QED) is 0.558. The van der Waals surface area contributed by atoms with Gasteiger partial charge in [-0.2, -0.15) is 0 Å². The van der Waals surface area contributed by atoms with Crippen LogP contribution >= 0.6 is 0 Å². The molecule has 5 N–H and O–H groups in total. The molecule has 1 atom stereocenters. The standard InChI is InChI=1S/C18H24N4O4/c19-18(25)16-11-26-8-7-22(16)6-5-20-17(24)4-1-12-10-21-15-3-2-13(23)9-14(12)15/h2-3,9-10,16,21,23H,1,4-8,11H2,(H2,19,25)(H,20,24)/t16-/m0/s1. The van der Waals surface area contributed by atoms with Gasteiger partial charge in [0.05, 0.1) is 13.2 Å². The number of phenolic OH excluding ortho intramolecular Hbond substituents is 1. The number of carbonyl (C=O) groups is 2. The summed E-state index contributed by atoms with van der Waals surface area (Å²) in [6.07, 6.45) is 2.80. The third-order valence-electron chi connectivity index (χ3n) is 4.66. The Morgan fingerprint density at radius 2 is 2.27 bits per heavy atom. The SMILES string of the molecule is NC(=O)[C@@H]1COCCN1CCNC(=O)CCc1c[nH]c2ccc(O)cc12. The Kier molecular flexibility index (Phi) is 5.75. The van der Waals surface area contributed by atoms with Gasteiger partial charge in [-0.25, -0.2) is 0 Å². The first-order valence-corrected chi connectivity index (χ1v) is 8.71. The number of benzene rings is 1. The van der Waals surface area contributed by atoms with Gasteiger partial charge in [0.25, 0.3) is 0 Å². The molecule has 3 rings (SSSR count). The van der Waals surface area contributed by atoms with Gasteiger partial charge in [-0.15, -0.1) is 0 Å². The van der Waals surface area contributed by atoms with Crippen LogP contribution in [0.15, 0.2) is 24.4 Å². The second-order valence-corrected chi connectivity index (χ2v) is 6.42. The molecule has 140 valence electrons. The van der Waals surface area contributed by atoms with Gasteiger partial charge < -0.3 is 25.9 Å². The summed E-state index contributed by atoms with van der Waals surface area (Å²) in [5.41, 5.74) is 7.31. The largest absolute Gasteiger partial charge is 0.508 e. The van der Waals surface area contributed by atoms with E-state index in [0.29, 0.717) is 45.7 Å². The Bertz CT molecular complexity index is 789. The normalized spacial score (nSPS) is 18.1. The molecular formula is C18H24N4O4. The van der Waals surface area contributed by atoms with Crippen LogP contribution in [0.5, 0.6) is 5.75 Å². The second-order valence-electron chi connectivity index (χ2n) is 6.42. The number of primary amides is 1. The Labute approximate surface area is 151 Å². The van der Waals surface area contributed by atoms with Gasteiger partial charge in [0.15, 0.2) is 0 Å². The molecule has 1 aliphatic heterocycles. The Morgan fingerprint density at radius 3 is 3.08 bits per heavy atom. The molecule has 0 unspecified atom stereocenters. The van der Waals surface area contributed by atoms with Gasteiger partial charge in [0.2, 0.25) is 11.8 Å². The molecular weight excluding hydrogens is 336 g/mol. The van der Waals surface area contributed by atoms with E-state index in [9.17, 15) is 14.7 Å². The number of hydrogen-bond donors (Lipinski definition) is 4. The lowest BCUT2D eigenvalue weighted by atomic mass is 10.1.